The molecule has 0 heterocycles. The Bertz CT molecular complexity index is 650. The number of rotatable bonds is 4. The summed E-state index contributed by atoms with van der Waals surface area (Å²) in [6.07, 6.45) is 1.49. The van der Waals surface area contributed by atoms with Crippen LogP contribution in [0.1, 0.15) is 5.56 Å². The summed E-state index contributed by atoms with van der Waals surface area (Å²) in [6, 6.07) is 14.9. The average molecular weight is 497 g/mol. The van der Waals surface area contributed by atoms with Gasteiger partial charge in [-0.25, -0.2) is 0 Å². The summed E-state index contributed by atoms with van der Waals surface area (Å²) in [5.74, 6) is 0.770. The standard InChI is InChI=1S/C15H15N3O2S.Pt/c1-20-13-9-5-6-11(14(13)19)10-16-18-15(21)17-12-7-3-2-4-8-12;/h2-10H,1H3,(H3,16,17,18,19,21);/q;+2/p+1. The van der Waals surface area contributed by atoms with E-state index < -0.39 is 0 Å². The molecular formula is C15H16N3O2PtS+3. The second-order valence-corrected chi connectivity index (χ2v) is 4.51. The van der Waals surface area contributed by atoms with Crippen LogP contribution < -0.4 is 10.1 Å². The number of hydrogen-bond acceptors (Lipinski definition) is 2. The molecule has 0 amide bonds. The molecule has 0 bridgehead atoms. The number of benzene rings is 2. The Kier molecular flexibility index (Phi) is 7.57. The third kappa shape index (κ3) is 5.13. The number of ether oxygens (including phenoxy) is 1. The predicted octanol–water partition coefficient (Wildman–Crippen LogP) is 2.32. The van der Waals surface area contributed by atoms with Gasteiger partial charge < -0.3 is 25.7 Å². The van der Waals surface area contributed by atoms with Crippen LogP contribution in [0, 0.1) is 0 Å². The monoisotopic (exact) mass is 497 g/mol. The number of nitrogens with one attached hydrogen (secondary N) is 1. The summed E-state index contributed by atoms with van der Waals surface area (Å²) in [5, 5.41) is 15.2. The van der Waals surface area contributed by atoms with Gasteiger partial charge in [-0.15, -0.1) is 0 Å². The summed E-state index contributed by atoms with van der Waals surface area (Å²) >= 11 is 4.21. The van der Waals surface area contributed by atoms with Gasteiger partial charge in [0.2, 0.25) is 10.9 Å². The summed E-state index contributed by atoms with van der Waals surface area (Å²) < 4.78 is 5.08. The molecule has 0 unspecified atom stereocenters. The van der Waals surface area contributed by atoms with E-state index >= 15 is 0 Å². The zero-order valence-corrected chi connectivity index (χ0v) is 14.9. The van der Waals surface area contributed by atoms with Gasteiger partial charge in [0, 0.05) is 11.9 Å². The molecular weight excluding hydrogens is 481 g/mol. The Balaban J connectivity index is 0.00000242. The fourth-order valence-electron chi connectivity index (χ4n) is 1.65. The number of nitrogens with zero attached hydrogens (tertiary/aromatic N) is 2. The van der Waals surface area contributed by atoms with Crippen LogP contribution in [0.15, 0.2) is 53.6 Å². The minimum absolute atomic E-state index is 0. The molecule has 5 nitrogen and oxygen atoms in total. The van der Waals surface area contributed by atoms with Gasteiger partial charge in [0.15, 0.2) is 12.2 Å². The van der Waals surface area contributed by atoms with Crippen molar-refractivity contribution >= 4 is 29.2 Å². The van der Waals surface area contributed by atoms with Crippen LogP contribution >= 0.6 is 0 Å². The van der Waals surface area contributed by atoms with Gasteiger partial charge in [0.1, 0.15) is 0 Å². The van der Waals surface area contributed by atoms with Crippen molar-refractivity contribution in [3.63, 3.8) is 0 Å². The molecule has 2 rings (SSSR count). The van der Waals surface area contributed by atoms with Crippen molar-refractivity contribution in [2.45, 2.75) is 0 Å². The molecule has 22 heavy (non-hydrogen) atoms. The first kappa shape index (κ1) is 18.1. The Hall–Kier alpha value is -1.91. The number of thiol groups is 1. The van der Waals surface area contributed by atoms with E-state index in [1.165, 1.54) is 13.3 Å². The summed E-state index contributed by atoms with van der Waals surface area (Å²) in [6.45, 7) is 0. The number of para-hydroxylation sites is 2. The van der Waals surface area contributed by atoms with Gasteiger partial charge in [0.05, 0.1) is 12.7 Å². The van der Waals surface area contributed by atoms with Gasteiger partial charge >= 0.3 is 26.8 Å². The molecule has 2 aromatic rings. The maximum Gasteiger partial charge on any atom is 2.00 e. The maximum absolute atomic E-state index is 7.91. The molecule has 0 atom stereocenters. The summed E-state index contributed by atoms with van der Waals surface area (Å²) in [5.41, 5.74) is 5.43. The molecule has 0 aliphatic carbocycles. The smallest absolute Gasteiger partial charge is 0.590 e. The summed E-state index contributed by atoms with van der Waals surface area (Å²) in [7, 11) is 1.53. The van der Waals surface area contributed by atoms with Crippen LogP contribution in [0.5, 0.6) is 11.5 Å². The fraction of sp³-hybridized carbons (Fsp3) is 0.0667. The van der Waals surface area contributed by atoms with E-state index in [4.69, 9.17) is 9.84 Å². The van der Waals surface area contributed by atoms with Crippen LogP contribution in [0.2, 0.25) is 0 Å². The van der Waals surface area contributed by atoms with Crippen LogP contribution in [0.25, 0.3) is 5.43 Å². The van der Waals surface area contributed by atoms with Gasteiger partial charge in [0.25, 0.3) is 0 Å². The van der Waals surface area contributed by atoms with E-state index in [2.05, 4.69) is 28.1 Å². The number of methoxy groups -OCH3 is 1. The molecule has 7 heteroatoms. The molecule has 0 saturated carbocycles. The molecule has 116 valence electrons. The Labute approximate surface area is 148 Å². The third-order valence-electron chi connectivity index (χ3n) is 2.66. The van der Waals surface area contributed by atoms with E-state index in [0.717, 1.165) is 5.69 Å². The van der Waals surface area contributed by atoms with Crippen LogP contribution in [0.3, 0.4) is 0 Å². The van der Waals surface area contributed by atoms with E-state index in [0.29, 0.717) is 16.4 Å². The number of hydrogen-bond donors (Lipinski definition) is 1. The molecule has 0 fully saturated rings. The zero-order valence-electron chi connectivity index (χ0n) is 11.8. The second kappa shape index (κ2) is 9.18. The van der Waals surface area contributed by atoms with Gasteiger partial charge in [-0.3, -0.25) is 0 Å². The second-order valence-electron chi connectivity index (χ2n) is 4.08. The van der Waals surface area contributed by atoms with Crippen molar-refractivity contribution in [3.05, 3.63) is 59.5 Å². The molecule has 0 aliphatic rings. The topological polar surface area (TPSA) is 70.6 Å². The van der Waals surface area contributed by atoms with Gasteiger partial charge in [-0.2, -0.15) is 0 Å². The van der Waals surface area contributed by atoms with E-state index in [1.54, 1.807) is 18.2 Å². The van der Waals surface area contributed by atoms with Gasteiger partial charge in [-0.05, 0) is 24.3 Å². The molecule has 0 aliphatic heterocycles. The summed E-state index contributed by atoms with van der Waals surface area (Å²) in [4.78, 5) is 0. The van der Waals surface area contributed by atoms with Crippen molar-refractivity contribution in [2.24, 2.45) is 5.10 Å². The fourth-order valence-corrected chi connectivity index (χ4v) is 1.83. The third-order valence-corrected chi connectivity index (χ3v) is 2.86. The minimum atomic E-state index is 0. The first-order valence-corrected chi connectivity index (χ1v) is 6.66. The first-order valence-electron chi connectivity index (χ1n) is 6.21. The Morgan fingerprint density at radius 2 is 1.95 bits per heavy atom. The van der Waals surface area contributed by atoms with Crippen LogP contribution in [-0.4, -0.2) is 23.5 Å². The molecule has 0 saturated heterocycles. The molecule has 2 aromatic carbocycles. The average Bonchev–Trinajstić information content (AvgIpc) is 2.50. The van der Waals surface area contributed by atoms with Crippen molar-refractivity contribution in [1.29, 1.82) is 0 Å². The maximum atomic E-state index is 7.91. The zero-order chi connectivity index (χ0) is 15.1. The molecule has 0 radical (unpaired) electrons. The first-order chi connectivity index (χ1) is 10.2. The van der Waals surface area contributed by atoms with Gasteiger partial charge in [-0.1, -0.05) is 24.3 Å². The molecule has 3 N–H and O–H groups in total. The van der Waals surface area contributed by atoms with E-state index in [-0.39, 0.29) is 26.8 Å². The normalized spacial score (nSPS) is 9.86. The quantitative estimate of drug-likeness (QED) is 0.232. The van der Waals surface area contributed by atoms with Crippen molar-refractivity contribution in [1.82, 2.24) is 0 Å². The van der Waals surface area contributed by atoms with Crippen molar-refractivity contribution < 1.29 is 30.9 Å². The van der Waals surface area contributed by atoms with Crippen molar-refractivity contribution in [3.8, 4) is 11.5 Å². The Morgan fingerprint density at radius 1 is 1.23 bits per heavy atom. The molecule has 0 spiro atoms. The van der Waals surface area contributed by atoms with E-state index in [1.807, 2.05) is 30.3 Å². The largest absolute Gasteiger partial charge is 2.00 e. The van der Waals surface area contributed by atoms with E-state index in [9.17, 15) is 0 Å². The Morgan fingerprint density at radius 3 is 2.64 bits per heavy atom. The predicted molar refractivity (Wildman–Crippen MR) is 90.8 cm³/mol. The van der Waals surface area contributed by atoms with Crippen molar-refractivity contribution in [2.75, 3.05) is 12.4 Å². The van der Waals surface area contributed by atoms with Crippen LogP contribution in [-0.2, 0) is 33.3 Å². The number of anilines is 1. The SMILES string of the molecule is COc1cccc(C=N[N-]C(=[SH+])Nc2ccccc2)c1[OH2+].[Pt+2]. The minimum Gasteiger partial charge on any atom is -0.590 e. The van der Waals surface area contributed by atoms with Crippen LogP contribution in [0.4, 0.5) is 5.69 Å². The molecule has 0 aromatic heterocycles.